The van der Waals surface area contributed by atoms with Crippen LogP contribution in [0.15, 0.2) is 6.20 Å². The van der Waals surface area contributed by atoms with Crippen molar-refractivity contribution in [3.63, 3.8) is 0 Å². The predicted octanol–water partition coefficient (Wildman–Crippen LogP) is 3.30. The number of nitrogens with zero attached hydrogens (tertiary/aromatic N) is 2. The molecule has 1 aromatic heterocycles. The standard InChI is InChI=1S/C13H24ClN3/c1-5-17-13(12(14)9-16-17)11(4)6-7-15-8-10(2)3/h9-11,15H,5-8H2,1-4H3. The number of rotatable bonds is 7. The van der Waals surface area contributed by atoms with Crippen LogP contribution >= 0.6 is 11.6 Å². The zero-order valence-corrected chi connectivity index (χ0v) is 12.1. The van der Waals surface area contributed by atoms with Crippen LogP contribution in [0.2, 0.25) is 5.02 Å². The molecule has 1 heterocycles. The quantitative estimate of drug-likeness (QED) is 0.760. The average Bonchev–Trinajstić information content (AvgIpc) is 2.65. The number of aryl methyl sites for hydroxylation is 1. The zero-order chi connectivity index (χ0) is 12.8. The Hall–Kier alpha value is -0.540. The number of nitrogens with one attached hydrogen (secondary N) is 1. The second-order valence-electron chi connectivity index (χ2n) is 4.98. The Morgan fingerprint density at radius 1 is 1.41 bits per heavy atom. The molecule has 0 radical (unpaired) electrons. The van der Waals surface area contributed by atoms with Crippen LogP contribution in [-0.2, 0) is 6.54 Å². The van der Waals surface area contributed by atoms with Crippen molar-refractivity contribution in [3.05, 3.63) is 16.9 Å². The van der Waals surface area contributed by atoms with Gasteiger partial charge in [-0.15, -0.1) is 0 Å². The number of aromatic nitrogens is 2. The molecule has 17 heavy (non-hydrogen) atoms. The lowest BCUT2D eigenvalue weighted by Crippen LogP contribution is -2.22. The minimum absolute atomic E-state index is 0.449. The number of hydrogen-bond acceptors (Lipinski definition) is 2. The normalized spacial score (nSPS) is 13.3. The van der Waals surface area contributed by atoms with Crippen LogP contribution in [0.4, 0.5) is 0 Å². The van der Waals surface area contributed by atoms with Gasteiger partial charge in [-0.1, -0.05) is 32.4 Å². The van der Waals surface area contributed by atoms with Crippen LogP contribution in [0, 0.1) is 5.92 Å². The maximum atomic E-state index is 6.18. The summed E-state index contributed by atoms with van der Waals surface area (Å²) in [5.74, 6) is 1.15. The molecule has 0 aliphatic heterocycles. The lowest BCUT2D eigenvalue weighted by Gasteiger charge is -2.15. The molecule has 0 aromatic carbocycles. The van der Waals surface area contributed by atoms with E-state index >= 15 is 0 Å². The van der Waals surface area contributed by atoms with Crippen LogP contribution in [0.1, 0.15) is 45.7 Å². The molecule has 0 saturated heterocycles. The van der Waals surface area contributed by atoms with E-state index in [0.29, 0.717) is 11.8 Å². The van der Waals surface area contributed by atoms with Gasteiger partial charge in [-0.05, 0) is 32.4 Å². The van der Waals surface area contributed by atoms with E-state index in [-0.39, 0.29) is 0 Å². The molecular formula is C13H24ClN3. The highest BCUT2D eigenvalue weighted by Gasteiger charge is 2.15. The molecular weight excluding hydrogens is 234 g/mol. The summed E-state index contributed by atoms with van der Waals surface area (Å²) in [6.45, 7) is 11.7. The van der Waals surface area contributed by atoms with Crippen molar-refractivity contribution in [1.29, 1.82) is 0 Å². The second kappa shape index (κ2) is 7.02. The van der Waals surface area contributed by atoms with Crippen molar-refractivity contribution in [1.82, 2.24) is 15.1 Å². The molecule has 1 atom stereocenters. The highest BCUT2D eigenvalue weighted by atomic mass is 35.5. The van der Waals surface area contributed by atoms with Gasteiger partial charge >= 0.3 is 0 Å². The molecule has 1 aromatic rings. The van der Waals surface area contributed by atoms with Gasteiger partial charge in [-0.25, -0.2) is 0 Å². The summed E-state index contributed by atoms with van der Waals surface area (Å²) in [6, 6.07) is 0. The van der Waals surface area contributed by atoms with Crippen LogP contribution in [0.3, 0.4) is 0 Å². The fourth-order valence-electron chi connectivity index (χ4n) is 1.96. The third-order valence-electron chi connectivity index (χ3n) is 2.91. The maximum Gasteiger partial charge on any atom is 0.0820 e. The van der Waals surface area contributed by atoms with Crippen molar-refractivity contribution in [3.8, 4) is 0 Å². The fraction of sp³-hybridized carbons (Fsp3) is 0.769. The van der Waals surface area contributed by atoms with Crippen LogP contribution in [0.5, 0.6) is 0 Å². The van der Waals surface area contributed by atoms with E-state index in [1.165, 1.54) is 5.69 Å². The van der Waals surface area contributed by atoms with E-state index in [1.807, 2.05) is 4.68 Å². The minimum Gasteiger partial charge on any atom is -0.316 e. The molecule has 3 nitrogen and oxygen atoms in total. The van der Waals surface area contributed by atoms with Gasteiger partial charge in [0.05, 0.1) is 16.9 Å². The molecule has 98 valence electrons. The summed E-state index contributed by atoms with van der Waals surface area (Å²) in [5, 5.41) is 8.53. The maximum absolute atomic E-state index is 6.18. The molecule has 1 unspecified atom stereocenters. The Kier molecular flexibility index (Phi) is 6.00. The zero-order valence-electron chi connectivity index (χ0n) is 11.3. The van der Waals surface area contributed by atoms with Gasteiger partial charge in [0, 0.05) is 12.5 Å². The number of halogens is 1. The summed E-state index contributed by atoms with van der Waals surface area (Å²) in [7, 11) is 0. The molecule has 0 fully saturated rings. The number of hydrogen-bond donors (Lipinski definition) is 1. The third kappa shape index (κ3) is 4.32. The van der Waals surface area contributed by atoms with Gasteiger partial charge in [0.25, 0.3) is 0 Å². The fourth-order valence-corrected chi connectivity index (χ4v) is 2.29. The molecule has 1 rings (SSSR count). The second-order valence-corrected chi connectivity index (χ2v) is 5.39. The predicted molar refractivity (Wildman–Crippen MR) is 73.7 cm³/mol. The third-order valence-corrected chi connectivity index (χ3v) is 3.20. The first-order valence-corrected chi connectivity index (χ1v) is 6.86. The van der Waals surface area contributed by atoms with E-state index in [1.54, 1.807) is 6.20 Å². The van der Waals surface area contributed by atoms with Crippen LogP contribution in [-0.4, -0.2) is 22.9 Å². The van der Waals surface area contributed by atoms with E-state index in [2.05, 4.69) is 38.1 Å². The van der Waals surface area contributed by atoms with Gasteiger partial charge in [-0.3, -0.25) is 4.68 Å². The van der Waals surface area contributed by atoms with E-state index < -0.39 is 0 Å². The molecule has 0 spiro atoms. The SMILES string of the molecule is CCn1ncc(Cl)c1C(C)CCNCC(C)C. The molecule has 0 amide bonds. The van der Waals surface area contributed by atoms with E-state index in [0.717, 1.165) is 31.1 Å². The van der Waals surface area contributed by atoms with Gasteiger partial charge in [0.2, 0.25) is 0 Å². The van der Waals surface area contributed by atoms with Gasteiger partial charge in [0.1, 0.15) is 0 Å². The Bertz CT molecular complexity index is 333. The average molecular weight is 258 g/mol. The Morgan fingerprint density at radius 3 is 2.71 bits per heavy atom. The topological polar surface area (TPSA) is 29.9 Å². The lowest BCUT2D eigenvalue weighted by atomic mass is 10.0. The molecule has 4 heteroatoms. The Morgan fingerprint density at radius 2 is 2.12 bits per heavy atom. The van der Waals surface area contributed by atoms with Crippen molar-refractivity contribution < 1.29 is 0 Å². The first kappa shape index (κ1) is 14.5. The summed E-state index contributed by atoms with van der Waals surface area (Å²) >= 11 is 6.18. The summed E-state index contributed by atoms with van der Waals surface area (Å²) in [5.41, 5.74) is 1.17. The molecule has 0 saturated carbocycles. The van der Waals surface area contributed by atoms with Crippen LogP contribution in [0.25, 0.3) is 0 Å². The molecule has 0 aliphatic carbocycles. The molecule has 1 N–H and O–H groups in total. The van der Waals surface area contributed by atoms with Crippen molar-refractivity contribution in [2.45, 2.75) is 46.6 Å². The highest BCUT2D eigenvalue weighted by Crippen LogP contribution is 2.26. The highest BCUT2D eigenvalue weighted by molar-refractivity contribution is 6.31. The lowest BCUT2D eigenvalue weighted by molar-refractivity contribution is 0.505. The van der Waals surface area contributed by atoms with Gasteiger partial charge < -0.3 is 5.32 Å². The summed E-state index contributed by atoms with van der Waals surface area (Å²) < 4.78 is 2.00. The first-order valence-electron chi connectivity index (χ1n) is 6.48. The molecule has 0 bridgehead atoms. The Labute approximate surface area is 110 Å². The van der Waals surface area contributed by atoms with Crippen molar-refractivity contribution in [2.75, 3.05) is 13.1 Å². The summed E-state index contributed by atoms with van der Waals surface area (Å²) in [6.07, 6.45) is 2.84. The van der Waals surface area contributed by atoms with Crippen molar-refractivity contribution >= 4 is 11.6 Å². The minimum atomic E-state index is 0.449. The summed E-state index contributed by atoms with van der Waals surface area (Å²) in [4.78, 5) is 0. The van der Waals surface area contributed by atoms with E-state index in [9.17, 15) is 0 Å². The largest absolute Gasteiger partial charge is 0.316 e. The van der Waals surface area contributed by atoms with Gasteiger partial charge in [-0.2, -0.15) is 5.10 Å². The first-order chi connectivity index (χ1) is 8.06. The smallest absolute Gasteiger partial charge is 0.0820 e. The van der Waals surface area contributed by atoms with Gasteiger partial charge in [0.15, 0.2) is 0 Å². The van der Waals surface area contributed by atoms with Crippen LogP contribution < -0.4 is 5.32 Å². The molecule has 0 aliphatic rings. The van der Waals surface area contributed by atoms with E-state index in [4.69, 9.17) is 11.6 Å². The van der Waals surface area contributed by atoms with Crippen molar-refractivity contribution in [2.24, 2.45) is 5.92 Å². The Balaban J connectivity index is 2.46. The monoisotopic (exact) mass is 257 g/mol.